The molecule has 56 valence electrons. The van der Waals surface area contributed by atoms with Gasteiger partial charge in [0, 0.05) is 0 Å². The molecular weight excluding hydrogens is 120 g/mol. The van der Waals surface area contributed by atoms with E-state index in [4.69, 9.17) is 0 Å². The van der Waals surface area contributed by atoms with Crippen molar-refractivity contribution in [1.82, 2.24) is 0 Å². The third kappa shape index (κ3) is 0.302. The molecule has 1 spiro atoms. The molecule has 10 heavy (non-hydrogen) atoms. The molecule has 4 unspecified atom stereocenters. The van der Waals surface area contributed by atoms with Crippen molar-refractivity contribution in [2.45, 2.75) is 39.5 Å². The van der Waals surface area contributed by atoms with Crippen molar-refractivity contribution in [1.29, 1.82) is 0 Å². The van der Waals surface area contributed by atoms with E-state index in [0.29, 0.717) is 0 Å². The zero-order valence-corrected chi connectivity index (χ0v) is 6.98. The monoisotopic (exact) mass is 136 g/mol. The molecule has 4 atom stereocenters. The van der Waals surface area contributed by atoms with Crippen LogP contribution in [0.15, 0.2) is 0 Å². The molecular formula is C10H16. The van der Waals surface area contributed by atoms with Crippen LogP contribution in [0, 0.1) is 22.7 Å². The average Bonchev–Trinajstić information content (AvgIpc) is 2.45. The Morgan fingerprint density at radius 1 is 1.20 bits per heavy atom. The second-order valence-electron chi connectivity index (χ2n) is 5.03. The Morgan fingerprint density at radius 3 is 2.30 bits per heavy atom. The van der Waals surface area contributed by atoms with Crippen LogP contribution < -0.4 is 0 Å². The maximum Gasteiger partial charge on any atom is -0.0184 e. The van der Waals surface area contributed by atoms with Gasteiger partial charge in [-0.05, 0) is 48.3 Å². The molecule has 3 rings (SSSR count). The maximum atomic E-state index is 2.53. The van der Waals surface area contributed by atoms with Gasteiger partial charge in [0.25, 0.3) is 0 Å². The number of hydrogen-bond acceptors (Lipinski definition) is 0. The van der Waals surface area contributed by atoms with Crippen molar-refractivity contribution in [2.75, 3.05) is 0 Å². The van der Waals surface area contributed by atoms with Crippen LogP contribution in [0.25, 0.3) is 0 Å². The number of rotatable bonds is 0. The summed E-state index contributed by atoms with van der Waals surface area (Å²) in [6.45, 7) is 5.00. The summed E-state index contributed by atoms with van der Waals surface area (Å²) in [7, 11) is 0. The first kappa shape index (κ1) is 5.62. The smallest absolute Gasteiger partial charge is 0.0184 e. The molecule has 0 amide bonds. The first-order chi connectivity index (χ1) is 4.71. The molecule has 0 heterocycles. The Hall–Kier alpha value is 0. The minimum absolute atomic E-state index is 0.817. The summed E-state index contributed by atoms with van der Waals surface area (Å²) in [4.78, 5) is 0. The van der Waals surface area contributed by atoms with Gasteiger partial charge in [-0.1, -0.05) is 13.8 Å². The second kappa shape index (κ2) is 1.19. The Morgan fingerprint density at radius 2 is 2.00 bits per heavy atom. The van der Waals surface area contributed by atoms with E-state index in [2.05, 4.69) is 13.8 Å². The minimum Gasteiger partial charge on any atom is -0.0617 e. The summed E-state index contributed by atoms with van der Waals surface area (Å²) < 4.78 is 0. The molecule has 0 nitrogen and oxygen atoms in total. The van der Waals surface area contributed by atoms with Gasteiger partial charge in [-0.3, -0.25) is 0 Å². The molecule has 0 aliphatic heterocycles. The van der Waals surface area contributed by atoms with Gasteiger partial charge < -0.3 is 0 Å². The van der Waals surface area contributed by atoms with E-state index < -0.39 is 0 Å². The summed E-state index contributed by atoms with van der Waals surface area (Å²) in [6, 6.07) is 0. The van der Waals surface area contributed by atoms with Crippen molar-refractivity contribution >= 4 is 0 Å². The highest BCUT2D eigenvalue weighted by Gasteiger charge is 2.77. The summed E-state index contributed by atoms with van der Waals surface area (Å²) in [5.41, 5.74) is 1.71. The minimum atomic E-state index is 0.817. The zero-order chi connectivity index (χ0) is 6.98. The highest BCUT2D eigenvalue weighted by atomic mass is 14.8. The van der Waals surface area contributed by atoms with Crippen molar-refractivity contribution in [3.8, 4) is 0 Å². The van der Waals surface area contributed by atoms with Crippen molar-refractivity contribution in [3.05, 3.63) is 0 Å². The third-order valence-electron chi connectivity index (χ3n) is 5.19. The van der Waals surface area contributed by atoms with Crippen molar-refractivity contribution < 1.29 is 0 Å². The lowest BCUT2D eigenvalue weighted by Crippen LogP contribution is -2.38. The van der Waals surface area contributed by atoms with Crippen LogP contribution in [-0.4, -0.2) is 0 Å². The average molecular weight is 136 g/mol. The lowest BCUT2D eigenvalue weighted by atomic mass is 9.58. The van der Waals surface area contributed by atoms with Crippen LogP contribution in [-0.2, 0) is 0 Å². The lowest BCUT2D eigenvalue weighted by Gasteiger charge is -2.47. The van der Waals surface area contributed by atoms with Crippen LogP contribution in [0.2, 0.25) is 0 Å². The highest BCUT2D eigenvalue weighted by Crippen LogP contribution is 2.84. The summed E-state index contributed by atoms with van der Waals surface area (Å²) >= 11 is 0. The van der Waals surface area contributed by atoms with Crippen LogP contribution in [0.4, 0.5) is 0 Å². The van der Waals surface area contributed by atoms with E-state index in [9.17, 15) is 0 Å². The first-order valence-corrected chi connectivity index (χ1v) is 4.71. The summed E-state index contributed by atoms with van der Waals surface area (Å²) in [5.74, 6) is 2.26. The molecule has 3 saturated carbocycles. The fourth-order valence-corrected chi connectivity index (χ4v) is 4.32. The first-order valence-electron chi connectivity index (χ1n) is 4.71. The normalized spacial score (nSPS) is 70.2. The second-order valence-corrected chi connectivity index (χ2v) is 5.03. The zero-order valence-electron chi connectivity index (χ0n) is 6.98. The molecule has 3 fully saturated rings. The van der Waals surface area contributed by atoms with Crippen molar-refractivity contribution in [3.63, 3.8) is 0 Å². The molecule has 0 aromatic carbocycles. The van der Waals surface area contributed by atoms with E-state index in [-0.39, 0.29) is 0 Å². The molecule has 0 heteroatoms. The van der Waals surface area contributed by atoms with E-state index in [1.807, 2.05) is 0 Å². The molecule has 0 aromatic rings. The Bertz CT molecular complexity index is 196. The van der Waals surface area contributed by atoms with Gasteiger partial charge in [0.2, 0.25) is 0 Å². The lowest BCUT2D eigenvalue weighted by molar-refractivity contribution is 0.0265. The molecule has 0 aromatic heterocycles. The maximum absolute atomic E-state index is 2.53. The molecule has 0 N–H and O–H groups in total. The molecule has 0 bridgehead atoms. The quantitative estimate of drug-likeness (QED) is 0.480. The molecule has 0 radical (unpaired) electrons. The summed E-state index contributed by atoms with van der Waals surface area (Å²) in [5, 5.41) is 0. The van der Waals surface area contributed by atoms with Gasteiger partial charge in [0.05, 0.1) is 0 Å². The predicted molar refractivity (Wildman–Crippen MR) is 41.7 cm³/mol. The highest BCUT2D eigenvalue weighted by molar-refractivity contribution is 5.25. The standard InChI is InChI=1S/C10H16/c1-7-8-3-4-9(2)5-6-10(7,8)9/h7-8H,3-6H2,1-2H3. The van der Waals surface area contributed by atoms with E-state index >= 15 is 0 Å². The van der Waals surface area contributed by atoms with Gasteiger partial charge in [0.15, 0.2) is 0 Å². The van der Waals surface area contributed by atoms with Gasteiger partial charge in [-0.15, -0.1) is 0 Å². The third-order valence-corrected chi connectivity index (χ3v) is 5.19. The SMILES string of the molecule is CC1C2CCC3(C)CCC123. The fraction of sp³-hybridized carbons (Fsp3) is 1.00. The molecule has 3 aliphatic rings. The molecule has 3 aliphatic carbocycles. The van der Waals surface area contributed by atoms with Gasteiger partial charge in [-0.2, -0.15) is 0 Å². The van der Waals surface area contributed by atoms with Crippen LogP contribution in [0.3, 0.4) is 0 Å². The fourth-order valence-electron chi connectivity index (χ4n) is 4.32. The van der Waals surface area contributed by atoms with Gasteiger partial charge in [-0.25, -0.2) is 0 Å². The Balaban J connectivity index is 2.04. The van der Waals surface area contributed by atoms with E-state index in [1.54, 1.807) is 19.3 Å². The van der Waals surface area contributed by atoms with E-state index in [1.165, 1.54) is 6.42 Å². The summed E-state index contributed by atoms with van der Waals surface area (Å²) in [6.07, 6.45) is 6.20. The van der Waals surface area contributed by atoms with Crippen LogP contribution in [0.1, 0.15) is 39.5 Å². The van der Waals surface area contributed by atoms with Crippen LogP contribution in [0.5, 0.6) is 0 Å². The molecule has 0 saturated heterocycles. The van der Waals surface area contributed by atoms with E-state index in [0.717, 1.165) is 22.7 Å². The van der Waals surface area contributed by atoms with Gasteiger partial charge >= 0.3 is 0 Å². The predicted octanol–water partition coefficient (Wildman–Crippen LogP) is 2.83. The Kier molecular flexibility index (Phi) is 0.669. The topological polar surface area (TPSA) is 0 Å². The Labute approximate surface area is 63.0 Å². The van der Waals surface area contributed by atoms with Gasteiger partial charge in [0.1, 0.15) is 0 Å². The van der Waals surface area contributed by atoms with Crippen LogP contribution >= 0.6 is 0 Å². The van der Waals surface area contributed by atoms with Crippen molar-refractivity contribution in [2.24, 2.45) is 22.7 Å². The number of hydrogen-bond donors (Lipinski definition) is 0. The largest absolute Gasteiger partial charge is 0.0617 e.